The van der Waals surface area contributed by atoms with Crippen LogP contribution in [0, 0.1) is 0 Å². The summed E-state index contributed by atoms with van der Waals surface area (Å²) in [5.41, 5.74) is 1.85. The molecule has 0 atom stereocenters. The van der Waals surface area contributed by atoms with Gasteiger partial charge in [0, 0.05) is 19.0 Å². The first-order valence-electron chi connectivity index (χ1n) is 3.95. The topological polar surface area (TPSA) is 26.9 Å². The van der Waals surface area contributed by atoms with Gasteiger partial charge in [0.25, 0.3) is 0 Å². The largest absolute Gasteiger partial charge is 0.328 e. The van der Waals surface area contributed by atoms with Gasteiger partial charge in [-0.05, 0) is 18.2 Å². The zero-order chi connectivity index (χ0) is 9.59. The van der Waals surface area contributed by atoms with Crippen molar-refractivity contribution in [2.45, 2.75) is 4.90 Å². The van der Waals surface area contributed by atoms with Crippen molar-refractivity contribution >= 4 is 23.7 Å². The Morgan fingerprint density at radius 3 is 2.46 bits per heavy atom. The molecule has 0 fully saturated rings. The minimum absolute atomic E-state index is 0.00562. The Morgan fingerprint density at radius 1 is 1.15 bits per heavy atom. The van der Waals surface area contributed by atoms with Crippen molar-refractivity contribution in [3.63, 3.8) is 0 Å². The molecule has 0 aliphatic rings. The van der Waals surface area contributed by atoms with Gasteiger partial charge in [0.15, 0.2) is 0 Å². The summed E-state index contributed by atoms with van der Waals surface area (Å²) in [6.45, 7) is 0. The third kappa shape index (κ3) is 1.09. The van der Waals surface area contributed by atoms with E-state index < -0.39 is 0 Å². The van der Waals surface area contributed by atoms with E-state index in [-0.39, 0.29) is 5.69 Å². The maximum absolute atomic E-state index is 11.5. The highest BCUT2D eigenvalue weighted by Gasteiger charge is 2.06. The quantitative estimate of drug-likeness (QED) is 0.626. The normalized spacial score (nSPS) is 11.0. The van der Waals surface area contributed by atoms with Gasteiger partial charge >= 0.3 is 5.69 Å². The molecular weight excluding hydrogens is 184 g/mol. The summed E-state index contributed by atoms with van der Waals surface area (Å²) in [7, 11) is 3.53. The lowest BCUT2D eigenvalue weighted by Gasteiger charge is -1.94. The van der Waals surface area contributed by atoms with Gasteiger partial charge in [-0.3, -0.25) is 9.13 Å². The first kappa shape index (κ1) is 8.44. The summed E-state index contributed by atoms with van der Waals surface area (Å²) >= 11 is 4.23. The molecule has 0 aliphatic heterocycles. The van der Waals surface area contributed by atoms with E-state index in [9.17, 15) is 4.79 Å². The third-order valence-corrected chi connectivity index (χ3v) is 2.53. The van der Waals surface area contributed by atoms with Crippen LogP contribution in [0.3, 0.4) is 0 Å². The Labute approximate surface area is 81.0 Å². The lowest BCUT2D eigenvalue weighted by molar-refractivity contribution is 0.795. The lowest BCUT2D eigenvalue weighted by atomic mass is 10.3. The molecule has 2 aromatic rings. The zero-order valence-electron chi connectivity index (χ0n) is 7.48. The molecule has 0 N–H and O–H groups in total. The van der Waals surface area contributed by atoms with Gasteiger partial charge < -0.3 is 0 Å². The molecule has 0 bridgehead atoms. The van der Waals surface area contributed by atoms with Crippen LogP contribution in [-0.4, -0.2) is 9.13 Å². The second kappa shape index (κ2) is 2.67. The molecule has 0 amide bonds. The standard InChI is InChI=1S/C9H10N2OS/c1-10-7-4-3-6(13)5-8(7)11(2)9(10)12/h3-5,13H,1-2H3. The molecule has 1 aromatic heterocycles. The summed E-state index contributed by atoms with van der Waals surface area (Å²) in [4.78, 5) is 12.4. The second-order valence-electron chi connectivity index (χ2n) is 3.07. The Hall–Kier alpha value is -1.16. The average Bonchev–Trinajstić information content (AvgIpc) is 2.32. The predicted molar refractivity (Wildman–Crippen MR) is 55.4 cm³/mol. The van der Waals surface area contributed by atoms with Crippen molar-refractivity contribution in [3.05, 3.63) is 28.7 Å². The molecular formula is C9H10N2OS. The van der Waals surface area contributed by atoms with E-state index in [0.717, 1.165) is 15.9 Å². The van der Waals surface area contributed by atoms with Crippen molar-refractivity contribution in [1.29, 1.82) is 0 Å². The van der Waals surface area contributed by atoms with Crippen LogP contribution in [0.25, 0.3) is 11.0 Å². The van der Waals surface area contributed by atoms with Gasteiger partial charge in [-0.2, -0.15) is 0 Å². The van der Waals surface area contributed by atoms with Crippen LogP contribution in [0.1, 0.15) is 0 Å². The Kier molecular flexibility index (Phi) is 1.73. The Balaban J connectivity index is 3.04. The van der Waals surface area contributed by atoms with E-state index in [1.807, 2.05) is 18.2 Å². The molecule has 0 saturated carbocycles. The number of hydrogen-bond acceptors (Lipinski definition) is 2. The monoisotopic (exact) mass is 194 g/mol. The highest BCUT2D eigenvalue weighted by atomic mass is 32.1. The lowest BCUT2D eigenvalue weighted by Crippen LogP contribution is -2.19. The number of hydrogen-bond donors (Lipinski definition) is 1. The van der Waals surface area contributed by atoms with E-state index in [2.05, 4.69) is 12.6 Å². The molecule has 0 saturated heterocycles. The van der Waals surface area contributed by atoms with Crippen LogP contribution >= 0.6 is 12.6 Å². The summed E-state index contributed by atoms with van der Waals surface area (Å²) < 4.78 is 3.25. The van der Waals surface area contributed by atoms with Gasteiger partial charge in [-0.15, -0.1) is 12.6 Å². The van der Waals surface area contributed by atoms with Gasteiger partial charge in [0.1, 0.15) is 0 Å². The van der Waals surface area contributed by atoms with Crippen LogP contribution in [0.5, 0.6) is 0 Å². The maximum atomic E-state index is 11.5. The molecule has 13 heavy (non-hydrogen) atoms. The third-order valence-electron chi connectivity index (χ3n) is 2.26. The first-order chi connectivity index (χ1) is 6.11. The smallest absolute Gasteiger partial charge is 0.295 e. The number of aromatic nitrogens is 2. The molecule has 68 valence electrons. The summed E-state index contributed by atoms with van der Waals surface area (Å²) in [5, 5.41) is 0. The van der Waals surface area contributed by atoms with Gasteiger partial charge in [0.05, 0.1) is 11.0 Å². The van der Waals surface area contributed by atoms with Crippen LogP contribution in [0.15, 0.2) is 27.9 Å². The Bertz CT molecular complexity index is 524. The van der Waals surface area contributed by atoms with Crippen molar-refractivity contribution < 1.29 is 0 Å². The molecule has 0 spiro atoms. The summed E-state index contributed by atoms with van der Waals surface area (Å²) in [6.07, 6.45) is 0. The summed E-state index contributed by atoms with van der Waals surface area (Å²) in [5.74, 6) is 0. The highest BCUT2D eigenvalue weighted by molar-refractivity contribution is 7.80. The highest BCUT2D eigenvalue weighted by Crippen LogP contribution is 2.15. The van der Waals surface area contributed by atoms with E-state index in [4.69, 9.17) is 0 Å². The van der Waals surface area contributed by atoms with Crippen molar-refractivity contribution in [3.8, 4) is 0 Å². The molecule has 4 heteroatoms. The molecule has 2 rings (SSSR count). The van der Waals surface area contributed by atoms with Gasteiger partial charge in [-0.25, -0.2) is 4.79 Å². The predicted octanol–water partition coefficient (Wildman–Crippen LogP) is 1.17. The molecule has 1 heterocycles. The number of rotatable bonds is 0. The fraction of sp³-hybridized carbons (Fsp3) is 0.222. The van der Waals surface area contributed by atoms with Crippen LogP contribution in [-0.2, 0) is 14.1 Å². The molecule has 1 aromatic carbocycles. The SMILES string of the molecule is Cn1c(=O)n(C)c2cc(S)ccc21. The summed E-state index contributed by atoms with van der Waals surface area (Å²) in [6, 6.07) is 5.67. The fourth-order valence-corrected chi connectivity index (χ4v) is 1.69. The average molecular weight is 194 g/mol. The number of fused-ring (bicyclic) bond motifs is 1. The first-order valence-corrected chi connectivity index (χ1v) is 4.40. The van der Waals surface area contributed by atoms with Gasteiger partial charge in [0.2, 0.25) is 0 Å². The maximum Gasteiger partial charge on any atom is 0.328 e. The van der Waals surface area contributed by atoms with E-state index in [1.54, 1.807) is 23.2 Å². The molecule has 0 aliphatic carbocycles. The van der Waals surface area contributed by atoms with Crippen molar-refractivity contribution in [1.82, 2.24) is 9.13 Å². The molecule has 3 nitrogen and oxygen atoms in total. The van der Waals surface area contributed by atoms with Crippen molar-refractivity contribution in [2.75, 3.05) is 0 Å². The van der Waals surface area contributed by atoms with Crippen LogP contribution < -0.4 is 5.69 Å². The Morgan fingerprint density at radius 2 is 1.77 bits per heavy atom. The van der Waals surface area contributed by atoms with E-state index in [1.165, 1.54) is 0 Å². The zero-order valence-corrected chi connectivity index (χ0v) is 8.38. The van der Waals surface area contributed by atoms with E-state index >= 15 is 0 Å². The molecule has 0 radical (unpaired) electrons. The number of aryl methyl sites for hydroxylation is 2. The van der Waals surface area contributed by atoms with Crippen LogP contribution in [0.2, 0.25) is 0 Å². The molecule has 0 unspecified atom stereocenters. The number of nitrogens with zero attached hydrogens (tertiary/aromatic N) is 2. The van der Waals surface area contributed by atoms with Crippen LogP contribution in [0.4, 0.5) is 0 Å². The van der Waals surface area contributed by atoms with E-state index in [0.29, 0.717) is 0 Å². The second-order valence-corrected chi connectivity index (χ2v) is 3.59. The van der Waals surface area contributed by atoms with Gasteiger partial charge in [-0.1, -0.05) is 0 Å². The van der Waals surface area contributed by atoms with Crippen molar-refractivity contribution in [2.24, 2.45) is 14.1 Å². The minimum atomic E-state index is -0.00562. The number of benzene rings is 1. The fourth-order valence-electron chi connectivity index (χ4n) is 1.50. The number of imidazole rings is 1. The minimum Gasteiger partial charge on any atom is -0.295 e. The number of thiol groups is 1.